The summed E-state index contributed by atoms with van der Waals surface area (Å²) in [5, 5.41) is 6.29. The second-order valence-electron chi connectivity index (χ2n) is 5.72. The van der Waals surface area contributed by atoms with E-state index in [9.17, 15) is 18.0 Å². The molecule has 0 fully saturated rings. The number of H-pyrrole nitrogens is 1. The van der Waals surface area contributed by atoms with E-state index in [4.69, 9.17) is 0 Å². The van der Waals surface area contributed by atoms with E-state index in [0.717, 1.165) is 6.26 Å². The summed E-state index contributed by atoms with van der Waals surface area (Å²) >= 11 is 0. The quantitative estimate of drug-likeness (QED) is 0.721. The molecule has 0 spiro atoms. The third kappa shape index (κ3) is 3.72. The Balaban J connectivity index is 1.83. The molecule has 1 heterocycles. The molecule has 3 rings (SSSR count). The number of aryl methyl sites for hydroxylation is 1. The molecule has 0 unspecified atom stereocenters. The predicted molar refractivity (Wildman–Crippen MR) is 94.8 cm³/mol. The summed E-state index contributed by atoms with van der Waals surface area (Å²) in [6.07, 6.45) is 1.09. The molecule has 8 nitrogen and oxygen atoms in total. The molecule has 0 saturated heterocycles. The van der Waals surface area contributed by atoms with Gasteiger partial charge in [0.15, 0.2) is 15.7 Å². The number of hydrogen-bond acceptors (Lipinski definition) is 6. The number of carbonyl (C=O) groups is 1. The Kier molecular flexibility index (Phi) is 4.47. The van der Waals surface area contributed by atoms with Gasteiger partial charge >= 0.3 is 5.76 Å². The van der Waals surface area contributed by atoms with Crippen molar-refractivity contribution in [3.8, 4) is 11.4 Å². The van der Waals surface area contributed by atoms with Gasteiger partial charge in [0.25, 0.3) is 5.91 Å². The molecular formula is C17H15N3O5S. The molecule has 0 atom stereocenters. The van der Waals surface area contributed by atoms with Crippen molar-refractivity contribution in [3.05, 3.63) is 64.1 Å². The highest BCUT2D eigenvalue weighted by Gasteiger charge is 2.15. The van der Waals surface area contributed by atoms with E-state index in [0.29, 0.717) is 16.8 Å². The van der Waals surface area contributed by atoms with E-state index in [1.165, 1.54) is 12.1 Å². The summed E-state index contributed by atoms with van der Waals surface area (Å²) in [7, 11) is -3.41. The first-order valence-corrected chi connectivity index (χ1v) is 9.42. The van der Waals surface area contributed by atoms with Gasteiger partial charge in [-0.05, 0) is 48.9 Å². The minimum Gasteiger partial charge on any atom is -0.322 e. The highest BCUT2D eigenvalue weighted by Crippen LogP contribution is 2.20. The van der Waals surface area contributed by atoms with Crippen molar-refractivity contribution in [2.45, 2.75) is 11.8 Å². The number of hydrogen-bond donors (Lipinski definition) is 2. The van der Waals surface area contributed by atoms with Gasteiger partial charge in [-0.3, -0.25) is 14.3 Å². The first kappa shape index (κ1) is 17.6. The van der Waals surface area contributed by atoms with Crippen LogP contribution in [-0.2, 0) is 9.84 Å². The highest BCUT2D eigenvalue weighted by molar-refractivity contribution is 7.90. The molecule has 0 radical (unpaired) electrons. The number of carbonyl (C=O) groups excluding carboxylic acids is 1. The zero-order chi connectivity index (χ0) is 18.9. The molecule has 134 valence electrons. The summed E-state index contributed by atoms with van der Waals surface area (Å²) in [6, 6.07) is 11.0. The van der Waals surface area contributed by atoms with Gasteiger partial charge < -0.3 is 5.32 Å². The molecular weight excluding hydrogens is 358 g/mol. The minimum atomic E-state index is -3.41. The van der Waals surface area contributed by atoms with E-state index in [1.54, 1.807) is 37.3 Å². The first-order chi connectivity index (χ1) is 12.2. The smallest absolute Gasteiger partial charge is 0.322 e. The summed E-state index contributed by atoms with van der Waals surface area (Å²) < 4.78 is 27.8. The fourth-order valence-electron chi connectivity index (χ4n) is 2.34. The van der Waals surface area contributed by atoms with Crippen molar-refractivity contribution in [1.82, 2.24) is 10.1 Å². The van der Waals surface area contributed by atoms with E-state index in [2.05, 4.69) is 20.0 Å². The SMILES string of the molecule is Cc1ccc(S(C)(=O)=O)cc1C(=O)Nc1ccc(-c2noc(=O)[nH]2)cc1. The van der Waals surface area contributed by atoms with Crippen LogP contribution in [0.1, 0.15) is 15.9 Å². The Labute approximate surface area is 148 Å². The summed E-state index contributed by atoms with van der Waals surface area (Å²) in [6.45, 7) is 1.73. The molecule has 9 heteroatoms. The lowest BCUT2D eigenvalue weighted by molar-refractivity contribution is 0.102. The fourth-order valence-corrected chi connectivity index (χ4v) is 2.99. The van der Waals surface area contributed by atoms with Crippen LogP contribution in [0.15, 0.2) is 56.7 Å². The van der Waals surface area contributed by atoms with E-state index >= 15 is 0 Å². The molecule has 0 saturated carbocycles. The van der Waals surface area contributed by atoms with Crippen LogP contribution in [0.2, 0.25) is 0 Å². The van der Waals surface area contributed by atoms with Crippen LogP contribution in [0.3, 0.4) is 0 Å². The molecule has 0 aliphatic heterocycles. The average Bonchev–Trinajstić information content (AvgIpc) is 3.01. The fraction of sp³-hybridized carbons (Fsp3) is 0.118. The lowest BCUT2D eigenvalue weighted by atomic mass is 10.1. The third-order valence-corrected chi connectivity index (χ3v) is 4.85. The van der Waals surface area contributed by atoms with Gasteiger partial charge in [0.05, 0.1) is 4.90 Å². The lowest BCUT2D eigenvalue weighted by Crippen LogP contribution is -2.14. The van der Waals surface area contributed by atoms with Gasteiger partial charge in [-0.25, -0.2) is 13.2 Å². The Bertz CT molecular complexity index is 1130. The Morgan fingerprint density at radius 3 is 2.42 bits per heavy atom. The summed E-state index contributed by atoms with van der Waals surface area (Å²) in [5.74, 6) is -0.793. The number of sulfone groups is 1. The van der Waals surface area contributed by atoms with Crippen LogP contribution in [0, 0.1) is 6.92 Å². The van der Waals surface area contributed by atoms with E-state index in [-0.39, 0.29) is 16.3 Å². The number of nitrogens with zero attached hydrogens (tertiary/aromatic N) is 1. The largest absolute Gasteiger partial charge is 0.439 e. The number of rotatable bonds is 4. The van der Waals surface area contributed by atoms with Crippen molar-refractivity contribution in [1.29, 1.82) is 0 Å². The molecule has 26 heavy (non-hydrogen) atoms. The number of aromatic nitrogens is 2. The number of anilines is 1. The number of amides is 1. The second kappa shape index (κ2) is 6.60. The first-order valence-electron chi connectivity index (χ1n) is 7.52. The molecule has 0 bridgehead atoms. The topological polar surface area (TPSA) is 122 Å². The Morgan fingerprint density at radius 1 is 1.15 bits per heavy atom. The molecule has 0 aliphatic rings. The molecule has 1 aromatic heterocycles. The minimum absolute atomic E-state index is 0.0820. The molecule has 3 aromatic rings. The maximum Gasteiger partial charge on any atom is 0.439 e. The molecule has 1 amide bonds. The van der Waals surface area contributed by atoms with Gasteiger partial charge in [0.2, 0.25) is 0 Å². The van der Waals surface area contributed by atoms with Crippen LogP contribution in [0.4, 0.5) is 5.69 Å². The summed E-state index contributed by atoms with van der Waals surface area (Å²) in [5.41, 5.74) is 2.06. The molecule has 0 aliphatic carbocycles. The van der Waals surface area contributed by atoms with Crippen LogP contribution in [-0.4, -0.2) is 30.7 Å². The van der Waals surface area contributed by atoms with E-state index < -0.39 is 21.5 Å². The highest BCUT2D eigenvalue weighted by atomic mass is 32.2. The molecule has 2 aromatic carbocycles. The van der Waals surface area contributed by atoms with Gasteiger partial charge in [0.1, 0.15) is 0 Å². The van der Waals surface area contributed by atoms with E-state index in [1.807, 2.05) is 0 Å². The number of aromatic amines is 1. The van der Waals surface area contributed by atoms with Gasteiger partial charge in [0, 0.05) is 23.1 Å². The van der Waals surface area contributed by atoms with Crippen LogP contribution in [0.25, 0.3) is 11.4 Å². The summed E-state index contributed by atoms with van der Waals surface area (Å²) in [4.78, 5) is 26.0. The zero-order valence-corrected chi connectivity index (χ0v) is 14.8. The van der Waals surface area contributed by atoms with Crippen LogP contribution in [0.5, 0.6) is 0 Å². The monoisotopic (exact) mass is 373 g/mol. The Hall–Kier alpha value is -3.20. The average molecular weight is 373 g/mol. The standard InChI is InChI=1S/C17H15N3O5S/c1-10-3-8-13(26(2,23)24)9-14(10)16(21)18-12-6-4-11(5-7-12)15-19-17(22)25-20-15/h3-9H,1-2H3,(H,18,21)(H,19,20,22). The van der Waals surface area contributed by atoms with Gasteiger partial charge in [-0.15, -0.1) is 0 Å². The maximum atomic E-state index is 12.5. The lowest BCUT2D eigenvalue weighted by Gasteiger charge is -2.09. The number of benzene rings is 2. The zero-order valence-electron chi connectivity index (χ0n) is 13.9. The van der Waals surface area contributed by atoms with Crippen molar-refractivity contribution in [2.24, 2.45) is 0 Å². The van der Waals surface area contributed by atoms with Crippen molar-refractivity contribution in [3.63, 3.8) is 0 Å². The van der Waals surface area contributed by atoms with Crippen molar-refractivity contribution < 1.29 is 17.7 Å². The van der Waals surface area contributed by atoms with Crippen LogP contribution >= 0.6 is 0 Å². The Morgan fingerprint density at radius 2 is 1.85 bits per heavy atom. The van der Waals surface area contributed by atoms with Gasteiger partial charge in [-0.1, -0.05) is 11.2 Å². The predicted octanol–water partition coefficient (Wildman–Crippen LogP) is 1.99. The van der Waals surface area contributed by atoms with Crippen molar-refractivity contribution in [2.75, 3.05) is 11.6 Å². The normalized spacial score (nSPS) is 11.3. The van der Waals surface area contributed by atoms with Gasteiger partial charge in [-0.2, -0.15) is 0 Å². The molecule has 2 N–H and O–H groups in total. The van der Waals surface area contributed by atoms with Crippen molar-refractivity contribution >= 4 is 21.4 Å². The third-order valence-electron chi connectivity index (χ3n) is 3.74. The maximum absolute atomic E-state index is 12.5. The second-order valence-corrected chi connectivity index (χ2v) is 7.74. The number of nitrogens with one attached hydrogen (secondary N) is 2. The van der Waals surface area contributed by atoms with Crippen LogP contribution < -0.4 is 11.1 Å².